The molecule has 2 aliphatic rings. The second-order valence-electron chi connectivity index (χ2n) is 9.47. The molecule has 0 fully saturated rings. The van der Waals surface area contributed by atoms with E-state index in [0.29, 0.717) is 0 Å². The molecule has 0 aromatic heterocycles. The molecule has 0 unspecified atom stereocenters. The molecule has 0 spiro atoms. The molecule has 0 saturated heterocycles. The van der Waals surface area contributed by atoms with Crippen LogP contribution in [0.3, 0.4) is 0 Å². The molecule has 3 aromatic rings. The van der Waals surface area contributed by atoms with Crippen molar-refractivity contribution in [1.29, 1.82) is 0 Å². The number of allylic oxidation sites excluding steroid dienone is 8. The third-order valence-corrected chi connectivity index (χ3v) is 25.8. The van der Waals surface area contributed by atoms with Crippen LogP contribution in [0.1, 0.15) is 48.9 Å². The van der Waals surface area contributed by atoms with Gasteiger partial charge in [-0.3, -0.25) is 0 Å². The van der Waals surface area contributed by atoms with Crippen molar-refractivity contribution in [3.63, 3.8) is 0 Å². The number of aryl methyl sites for hydroxylation is 2. The third kappa shape index (κ3) is 6.48. The minimum Gasteiger partial charge on any atom is -1.00 e. The molecule has 0 aliphatic heterocycles. The van der Waals surface area contributed by atoms with E-state index in [1.165, 1.54) is 33.4 Å². The Balaban J connectivity index is 0.00000190. The SMILES string of the molecule is CCc1cccc(C2=[C]([Zr+2]([C]3=C(c4cccc(CC)c4)C=CC3)=[Si](C)c3ccccc3)CC=C2)c1.[Cl-].[Cl-]. The predicted molar refractivity (Wildman–Crippen MR) is 151 cm³/mol. The fourth-order valence-corrected chi connectivity index (χ4v) is 25.1. The summed E-state index contributed by atoms with van der Waals surface area (Å²) in [6.45, 7) is 7.13. The molecule has 0 atom stereocenters. The van der Waals surface area contributed by atoms with Gasteiger partial charge in [0.15, 0.2) is 0 Å². The van der Waals surface area contributed by atoms with Crippen LogP contribution in [-0.2, 0) is 33.2 Å². The van der Waals surface area contributed by atoms with E-state index in [0.717, 1.165) is 25.7 Å². The van der Waals surface area contributed by atoms with Crippen molar-refractivity contribution in [2.45, 2.75) is 46.1 Å². The zero-order valence-electron chi connectivity index (χ0n) is 21.9. The monoisotopic (exact) mass is 618 g/mol. The molecule has 0 saturated carbocycles. The zero-order valence-corrected chi connectivity index (χ0v) is 26.9. The van der Waals surface area contributed by atoms with E-state index in [2.05, 4.69) is 124 Å². The Morgan fingerprint density at radius 3 is 1.59 bits per heavy atom. The molecule has 0 radical (unpaired) electrons. The largest absolute Gasteiger partial charge is 1.00 e. The summed E-state index contributed by atoms with van der Waals surface area (Å²) in [6.07, 6.45) is 14.2. The number of hydrogen-bond donors (Lipinski definition) is 0. The Hall–Kier alpha value is -1.70. The van der Waals surface area contributed by atoms with Crippen molar-refractivity contribution in [3.8, 4) is 0 Å². The van der Waals surface area contributed by atoms with Gasteiger partial charge in [0.1, 0.15) is 0 Å². The standard InChI is InChI=1S/2C13H13.C7H8Si.2ClH.Zr/c2*1-2-11-6-5-9-13(10-11)12-7-3-4-8-12;1-8-7-5-3-2-4-6-7;;;/h2*3,5-7,9-10H,2,4H2,1H3;2-6H,1H3;2*1H;/q;;;;;+2/p-2. The maximum absolute atomic E-state index is 2.62. The van der Waals surface area contributed by atoms with Gasteiger partial charge in [0, 0.05) is 0 Å². The molecular weight excluding hydrogens is 587 g/mol. The molecule has 4 heteroatoms. The first kappa shape index (κ1) is 29.9. The first-order valence-corrected chi connectivity index (χ1v) is 21.1. The molecule has 188 valence electrons. The topological polar surface area (TPSA) is 0 Å². The van der Waals surface area contributed by atoms with Crippen molar-refractivity contribution in [2.24, 2.45) is 0 Å². The molecule has 0 N–H and O–H groups in total. The molecule has 0 bridgehead atoms. The van der Waals surface area contributed by atoms with Gasteiger partial charge in [0.2, 0.25) is 0 Å². The Kier molecular flexibility index (Phi) is 11.2. The molecule has 0 heterocycles. The zero-order chi connectivity index (χ0) is 24.2. The van der Waals surface area contributed by atoms with Gasteiger partial charge in [0.25, 0.3) is 0 Å². The summed E-state index contributed by atoms with van der Waals surface area (Å²) >= 11 is -2.22. The fraction of sp³-hybridized carbons (Fsp3) is 0.212. The van der Waals surface area contributed by atoms with Crippen LogP contribution in [0.25, 0.3) is 11.1 Å². The summed E-state index contributed by atoms with van der Waals surface area (Å²) in [7, 11) is 0. The van der Waals surface area contributed by atoms with Gasteiger partial charge in [-0.2, -0.15) is 0 Å². The first-order valence-electron chi connectivity index (χ1n) is 12.9. The first-order chi connectivity index (χ1) is 17.2. The summed E-state index contributed by atoms with van der Waals surface area (Å²) in [5.74, 6) is 0. The summed E-state index contributed by atoms with van der Waals surface area (Å²) in [5, 5.41) is 1.61. The quantitative estimate of drug-likeness (QED) is 0.355. The van der Waals surface area contributed by atoms with E-state index in [4.69, 9.17) is 0 Å². The van der Waals surface area contributed by atoms with Crippen LogP contribution in [-0.4, -0.2) is 5.43 Å². The number of halogens is 2. The maximum atomic E-state index is 2.62. The molecule has 5 rings (SSSR count). The number of benzene rings is 3. The van der Waals surface area contributed by atoms with Gasteiger partial charge < -0.3 is 24.8 Å². The average molecular weight is 621 g/mol. The molecule has 0 nitrogen and oxygen atoms in total. The second kappa shape index (κ2) is 13.9. The Morgan fingerprint density at radius 2 is 1.14 bits per heavy atom. The molecule has 0 amide bonds. The number of rotatable bonds is 7. The van der Waals surface area contributed by atoms with E-state index in [9.17, 15) is 0 Å². The predicted octanol–water partition coefficient (Wildman–Crippen LogP) is 2.01. The Bertz CT molecular complexity index is 1330. The van der Waals surface area contributed by atoms with Crippen LogP contribution >= 0.6 is 0 Å². The molecule has 3 aromatic carbocycles. The molecule has 37 heavy (non-hydrogen) atoms. The van der Waals surface area contributed by atoms with E-state index >= 15 is 0 Å². The van der Waals surface area contributed by atoms with Crippen molar-refractivity contribution in [2.75, 3.05) is 0 Å². The number of hydrogen-bond acceptors (Lipinski definition) is 0. The van der Waals surface area contributed by atoms with Crippen LogP contribution in [0, 0.1) is 0 Å². The van der Waals surface area contributed by atoms with Crippen molar-refractivity contribution < 1.29 is 45.2 Å². The van der Waals surface area contributed by atoms with Crippen molar-refractivity contribution in [1.82, 2.24) is 0 Å². The van der Waals surface area contributed by atoms with Crippen LogP contribution < -0.4 is 30.0 Å². The third-order valence-electron chi connectivity index (χ3n) is 7.34. The molecule has 2 aliphatic carbocycles. The van der Waals surface area contributed by atoms with Crippen LogP contribution in [0.2, 0.25) is 6.55 Å². The summed E-state index contributed by atoms with van der Waals surface area (Å²) in [6, 6.07) is 30.0. The van der Waals surface area contributed by atoms with E-state index in [1.807, 2.05) is 6.56 Å². The summed E-state index contributed by atoms with van der Waals surface area (Å²) in [4.78, 5) is 0. The molecular formula is C33H34Cl2SiZr. The minimum atomic E-state index is -2.22. The van der Waals surface area contributed by atoms with Gasteiger partial charge in [-0.05, 0) is 0 Å². The van der Waals surface area contributed by atoms with Crippen molar-refractivity contribution in [3.05, 3.63) is 132 Å². The van der Waals surface area contributed by atoms with E-state index in [1.54, 1.807) is 5.19 Å². The summed E-state index contributed by atoms with van der Waals surface area (Å²) in [5.41, 5.74) is 8.12. The Morgan fingerprint density at radius 1 is 0.649 bits per heavy atom. The second-order valence-corrected chi connectivity index (χ2v) is 24.6. The van der Waals surface area contributed by atoms with E-state index < -0.39 is 25.8 Å². The van der Waals surface area contributed by atoms with Crippen LogP contribution in [0.4, 0.5) is 0 Å². The van der Waals surface area contributed by atoms with Crippen LogP contribution in [0.5, 0.6) is 0 Å². The van der Waals surface area contributed by atoms with Gasteiger partial charge in [-0.25, -0.2) is 0 Å². The van der Waals surface area contributed by atoms with Crippen LogP contribution in [0.15, 0.2) is 110 Å². The van der Waals surface area contributed by atoms with Gasteiger partial charge in [-0.15, -0.1) is 0 Å². The van der Waals surface area contributed by atoms with Gasteiger partial charge >= 0.3 is 220 Å². The smallest absolute Gasteiger partial charge is 1.00 e. The van der Waals surface area contributed by atoms with Gasteiger partial charge in [0.05, 0.1) is 0 Å². The van der Waals surface area contributed by atoms with E-state index in [-0.39, 0.29) is 24.8 Å². The normalized spacial score (nSPS) is 13.8. The minimum absolute atomic E-state index is 0. The summed E-state index contributed by atoms with van der Waals surface area (Å²) < 4.78 is 3.62. The van der Waals surface area contributed by atoms with Crippen molar-refractivity contribution >= 4 is 21.8 Å². The Labute approximate surface area is 243 Å². The van der Waals surface area contributed by atoms with Gasteiger partial charge in [-0.1, -0.05) is 0 Å². The average Bonchev–Trinajstić information content (AvgIpc) is 3.60. The fourth-order valence-electron chi connectivity index (χ4n) is 5.41. The maximum Gasteiger partial charge on any atom is -1.00 e.